The van der Waals surface area contributed by atoms with Gasteiger partial charge in [0.25, 0.3) is 0 Å². The fourth-order valence-electron chi connectivity index (χ4n) is 2.00. The number of hydrogen-bond acceptors (Lipinski definition) is 6. The van der Waals surface area contributed by atoms with Crippen LogP contribution < -0.4 is 9.47 Å². The lowest BCUT2D eigenvalue weighted by molar-refractivity contribution is 0.444. The molecule has 0 saturated carbocycles. The van der Waals surface area contributed by atoms with Gasteiger partial charge in [-0.1, -0.05) is 17.7 Å². The normalized spacial score (nSPS) is 9.72. The molecular weight excluding hydrogens is 340 g/mol. The zero-order chi connectivity index (χ0) is 17.6. The summed E-state index contributed by atoms with van der Waals surface area (Å²) in [5.74, 6) is 1.66. The average molecular weight is 349 g/mol. The molecule has 0 atom stereocenters. The van der Waals surface area contributed by atoms with Crippen molar-refractivity contribution in [2.24, 2.45) is 0 Å². The highest BCUT2D eigenvalue weighted by Crippen LogP contribution is 2.28. The van der Waals surface area contributed by atoms with Crippen LogP contribution in [0.1, 0.15) is 11.1 Å². The van der Waals surface area contributed by atoms with Crippen LogP contribution >= 0.6 is 11.6 Å². The third-order valence-corrected chi connectivity index (χ3v) is 3.24. The topological polar surface area (TPSA) is 91.8 Å². The molecule has 25 heavy (non-hydrogen) atoms. The summed E-state index contributed by atoms with van der Waals surface area (Å²) in [6.07, 6.45) is 0. The van der Waals surface area contributed by atoms with Crippen molar-refractivity contribution in [1.29, 1.82) is 10.5 Å². The Labute approximate surface area is 148 Å². The van der Waals surface area contributed by atoms with Crippen LogP contribution in [0.25, 0.3) is 0 Å². The van der Waals surface area contributed by atoms with Gasteiger partial charge in [0.2, 0.25) is 5.88 Å². The van der Waals surface area contributed by atoms with Gasteiger partial charge in [-0.15, -0.1) is 10.2 Å². The van der Waals surface area contributed by atoms with E-state index in [0.717, 1.165) is 0 Å². The molecule has 2 aromatic carbocycles. The summed E-state index contributed by atoms with van der Waals surface area (Å²) >= 11 is 5.68. The molecular formula is C18H9ClN4O2. The number of hydrogen-bond donors (Lipinski definition) is 0. The maximum absolute atomic E-state index is 9.02. The van der Waals surface area contributed by atoms with E-state index in [0.29, 0.717) is 34.3 Å². The summed E-state index contributed by atoms with van der Waals surface area (Å²) in [6, 6.07) is 18.6. The lowest BCUT2D eigenvalue weighted by atomic mass is 10.1. The molecule has 0 aliphatic rings. The van der Waals surface area contributed by atoms with Crippen molar-refractivity contribution in [3.63, 3.8) is 0 Å². The Morgan fingerprint density at radius 1 is 0.760 bits per heavy atom. The lowest BCUT2D eigenvalue weighted by Crippen LogP contribution is -1.91. The van der Waals surface area contributed by atoms with Gasteiger partial charge >= 0.3 is 0 Å². The number of nitriles is 2. The molecule has 0 aliphatic carbocycles. The highest BCUT2D eigenvalue weighted by atomic mass is 35.5. The Morgan fingerprint density at radius 2 is 1.44 bits per heavy atom. The molecule has 0 bridgehead atoms. The Bertz CT molecular complexity index is 959. The first kappa shape index (κ1) is 16.3. The Kier molecular flexibility index (Phi) is 4.75. The van der Waals surface area contributed by atoms with Gasteiger partial charge in [-0.2, -0.15) is 10.5 Å². The zero-order valence-corrected chi connectivity index (χ0v) is 13.4. The molecule has 120 valence electrons. The van der Waals surface area contributed by atoms with E-state index in [1.807, 2.05) is 12.1 Å². The van der Waals surface area contributed by atoms with Gasteiger partial charge in [0.15, 0.2) is 5.15 Å². The molecule has 0 fully saturated rings. The monoisotopic (exact) mass is 348 g/mol. The fraction of sp³-hybridized carbons (Fsp3) is 0. The van der Waals surface area contributed by atoms with Gasteiger partial charge in [0.1, 0.15) is 17.2 Å². The van der Waals surface area contributed by atoms with Gasteiger partial charge in [0.05, 0.1) is 23.3 Å². The number of benzene rings is 2. The van der Waals surface area contributed by atoms with Crippen molar-refractivity contribution in [1.82, 2.24) is 10.2 Å². The van der Waals surface area contributed by atoms with E-state index in [4.69, 9.17) is 31.6 Å². The van der Waals surface area contributed by atoms with Gasteiger partial charge in [-0.25, -0.2) is 0 Å². The predicted molar refractivity (Wildman–Crippen MR) is 89.5 cm³/mol. The van der Waals surface area contributed by atoms with Gasteiger partial charge in [-0.3, -0.25) is 0 Å². The molecule has 7 heteroatoms. The van der Waals surface area contributed by atoms with E-state index in [-0.39, 0.29) is 5.15 Å². The minimum absolute atomic E-state index is 0.273. The standard InChI is InChI=1S/C18H9ClN4O2/c19-17-4-5-18(23-22-17)25-15-3-1-2-14(9-15)24-16-7-12(10-20)6-13(8-16)11-21/h1-9H. The molecule has 0 saturated heterocycles. The van der Waals surface area contributed by atoms with Crippen LogP contribution in [-0.2, 0) is 0 Å². The van der Waals surface area contributed by atoms with E-state index in [9.17, 15) is 0 Å². The van der Waals surface area contributed by atoms with E-state index in [1.54, 1.807) is 48.5 Å². The van der Waals surface area contributed by atoms with E-state index >= 15 is 0 Å². The highest BCUT2D eigenvalue weighted by molar-refractivity contribution is 6.29. The minimum atomic E-state index is 0.273. The second-order valence-electron chi connectivity index (χ2n) is 4.84. The molecule has 0 spiro atoms. The van der Waals surface area contributed by atoms with Crippen molar-refractivity contribution in [2.45, 2.75) is 0 Å². The van der Waals surface area contributed by atoms with Gasteiger partial charge in [-0.05, 0) is 36.4 Å². The summed E-state index contributed by atoms with van der Waals surface area (Å²) in [4.78, 5) is 0. The summed E-state index contributed by atoms with van der Waals surface area (Å²) in [6.45, 7) is 0. The first-order valence-electron chi connectivity index (χ1n) is 7.06. The first-order valence-corrected chi connectivity index (χ1v) is 7.44. The number of ether oxygens (including phenoxy) is 2. The summed E-state index contributed by atoms with van der Waals surface area (Å²) in [7, 11) is 0. The Balaban J connectivity index is 1.81. The van der Waals surface area contributed by atoms with Gasteiger partial charge < -0.3 is 9.47 Å². The lowest BCUT2D eigenvalue weighted by Gasteiger charge is -2.09. The third kappa shape index (κ3) is 4.23. The molecule has 0 aliphatic heterocycles. The van der Waals surface area contributed by atoms with Crippen LogP contribution in [0.15, 0.2) is 54.6 Å². The van der Waals surface area contributed by atoms with Crippen LogP contribution in [0.3, 0.4) is 0 Å². The molecule has 0 N–H and O–H groups in total. The molecule has 0 amide bonds. The summed E-state index contributed by atoms with van der Waals surface area (Å²) < 4.78 is 11.3. The summed E-state index contributed by atoms with van der Waals surface area (Å²) in [5.41, 5.74) is 0.691. The Morgan fingerprint density at radius 3 is 2.04 bits per heavy atom. The van der Waals surface area contributed by atoms with Crippen LogP contribution in [0.4, 0.5) is 0 Å². The molecule has 0 radical (unpaired) electrons. The number of aromatic nitrogens is 2. The van der Waals surface area contributed by atoms with Crippen molar-refractivity contribution in [2.75, 3.05) is 0 Å². The number of nitrogens with zero attached hydrogens (tertiary/aromatic N) is 4. The van der Waals surface area contributed by atoms with Crippen LogP contribution in [0.5, 0.6) is 23.1 Å². The van der Waals surface area contributed by atoms with E-state index in [1.165, 1.54) is 6.07 Å². The molecule has 1 heterocycles. The maximum atomic E-state index is 9.02. The van der Waals surface area contributed by atoms with Gasteiger partial charge in [0, 0.05) is 12.1 Å². The second kappa shape index (κ2) is 7.31. The largest absolute Gasteiger partial charge is 0.457 e. The van der Waals surface area contributed by atoms with Crippen molar-refractivity contribution in [3.05, 3.63) is 70.9 Å². The molecule has 0 unspecified atom stereocenters. The summed E-state index contributed by atoms with van der Waals surface area (Å²) in [5, 5.41) is 25.8. The average Bonchev–Trinajstić information content (AvgIpc) is 2.63. The maximum Gasteiger partial charge on any atom is 0.238 e. The van der Waals surface area contributed by atoms with Crippen LogP contribution in [0.2, 0.25) is 5.15 Å². The predicted octanol–water partition coefficient (Wildman–Crippen LogP) is 4.46. The number of halogens is 1. The second-order valence-corrected chi connectivity index (χ2v) is 5.23. The van der Waals surface area contributed by atoms with Crippen LogP contribution in [0, 0.1) is 22.7 Å². The van der Waals surface area contributed by atoms with Crippen molar-refractivity contribution < 1.29 is 9.47 Å². The first-order chi connectivity index (χ1) is 12.2. The minimum Gasteiger partial charge on any atom is -0.457 e. The zero-order valence-electron chi connectivity index (χ0n) is 12.7. The van der Waals surface area contributed by atoms with E-state index < -0.39 is 0 Å². The van der Waals surface area contributed by atoms with Crippen molar-refractivity contribution >= 4 is 11.6 Å². The SMILES string of the molecule is N#Cc1cc(C#N)cc(Oc2cccc(Oc3ccc(Cl)nn3)c2)c1. The van der Waals surface area contributed by atoms with Crippen molar-refractivity contribution in [3.8, 4) is 35.3 Å². The number of rotatable bonds is 4. The molecule has 6 nitrogen and oxygen atoms in total. The molecule has 1 aromatic heterocycles. The fourth-order valence-corrected chi connectivity index (χ4v) is 2.10. The van der Waals surface area contributed by atoms with E-state index in [2.05, 4.69) is 10.2 Å². The smallest absolute Gasteiger partial charge is 0.238 e. The molecule has 3 aromatic rings. The third-order valence-electron chi connectivity index (χ3n) is 3.04. The Hall–Kier alpha value is -3.61. The highest BCUT2D eigenvalue weighted by Gasteiger charge is 2.06. The quantitative estimate of drug-likeness (QED) is 0.691. The van der Waals surface area contributed by atoms with Crippen LogP contribution in [-0.4, -0.2) is 10.2 Å². The molecule has 3 rings (SSSR count).